The minimum absolute atomic E-state index is 0.144. The lowest BCUT2D eigenvalue weighted by atomic mass is 10.2. The number of thioether (sulfide) groups is 1. The molecule has 0 aromatic carbocycles. The maximum Gasteiger partial charge on any atom is 0.410 e. The van der Waals surface area contributed by atoms with Crippen molar-refractivity contribution in [2.24, 2.45) is 0 Å². The molecule has 0 radical (unpaired) electrons. The predicted octanol–water partition coefficient (Wildman–Crippen LogP) is 3.92. The fourth-order valence-corrected chi connectivity index (χ4v) is 2.93. The molecule has 18 heavy (non-hydrogen) atoms. The second kappa shape index (κ2) is 7.93. The average molecular weight is 273 g/mol. The number of hydrogen-bond donors (Lipinski definition) is 0. The number of rotatable bonds is 0. The number of carbonyl (C=O) groups excluding carboxylic acids is 1. The van der Waals surface area contributed by atoms with Crippen LogP contribution in [0.4, 0.5) is 4.79 Å². The van der Waals surface area contributed by atoms with Crippen molar-refractivity contribution in [3.63, 3.8) is 0 Å². The van der Waals surface area contributed by atoms with E-state index in [2.05, 4.69) is 0 Å². The first-order valence-corrected chi connectivity index (χ1v) is 8.20. The molecule has 0 aliphatic carbocycles. The first-order chi connectivity index (χ1) is 8.49. The highest BCUT2D eigenvalue weighted by Crippen LogP contribution is 2.15. The van der Waals surface area contributed by atoms with Crippen LogP contribution in [0, 0.1) is 0 Å². The summed E-state index contributed by atoms with van der Waals surface area (Å²) in [6.07, 6.45) is 5.73. The van der Waals surface area contributed by atoms with Crippen molar-refractivity contribution in [3.8, 4) is 0 Å². The summed E-state index contributed by atoms with van der Waals surface area (Å²) in [5, 5.41) is 0. The Labute approximate surface area is 116 Å². The van der Waals surface area contributed by atoms with E-state index in [1.54, 1.807) is 0 Å². The third kappa shape index (κ3) is 7.14. The molecule has 0 unspecified atom stereocenters. The van der Waals surface area contributed by atoms with Crippen molar-refractivity contribution >= 4 is 17.9 Å². The Bertz CT molecular complexity index is 239. The lowest BCUT2D eigenvalue weighted by molar-refractivity contribution is 0.0245. The van der Waals surface area contributed by atoms with Gasteiger partial charge in [0, 0.05) is 13.1 Å². The summed E-state index contributed by atoms with van der Waals surface area (Å²) in [5.74, 6) is 2.49. The molecule has 0 atom stereocenters. The van der Waals surface area contributed by atoms with E-state index in [9.17, 15) is 4.79 Å². The Morgan fingerprint density at radius 1 is 1.00 bits per heavy atom. The topological polar surface area (TPSA) is 29.5 Å². The molecule has 106 valence electrons. The molecule has 1 fully saturated rings. The van der Waals surface area contributed by atoms with Gasteiger partial charge in [-0.2, -0.15) is 11.8 Å². The summed E-state index contributed by atoms with van der Waals surface area (Å²) in [5.41, 5.74) is -0.390. The van der Waals surface area contributed by atoms with Crippen LogP contribution in [-0.2, 0) is 4.74 Å². The second-order valence-electron chi connectivity index (χ2n) is 5.85. The largest absolute Gasteiger partial charge is 0.444 e. The van der Waals surface area contributed by atoms with E-state index in [-0.39, 0.29) is 11.7 Å². The van der Waals surface area contributed by atoms with E-state index < -0.39 is 0 Å². The number of ether oxygens (including phenoxy) is 1. The van der Waals surface area contributed by atoms with Crippen molar-refractivity contribution in [2.45, 2.75) is 58.5 Å². The van der Waals surface area contributed by atoms with E-state index in [1.165, 1.54) is 30.8 Å². The van der Waals surface area contributed by atoms with Crippen molar-refractivity contribution in [3.05, 3.63) is 0 Å². The highest BCUT2D eigenvalue weighted by Gasteiger charge is 2.21. The highest BCUT2D eigenvalue weighted by atomic mass is 32.2. The van der Waals surface area contributed by atoms with Crippen molar-refractivity contribution < 1.29 is 9.53 Å². The van der Waals surface area contributed by atoms with Crippen LogP contribution in [0.3, 0.4) is 0 Å². The first kappa shape index (κ1) is 15.7. The van der Waals surface area contributed by atoms with Gasteiger partial charge >= 0.3 is 6.09 Å². The number of carbonyl (C=O) groups is 1. The van der Waals surface area contributed by atoms with Gasteiger partial charge in [0.05, 0.1) is 0 Å². The molecular weight excluding hydrogens is 246 g/mol. The van der Waals surface area contributed by atoms with Gasteiger partial charge in [0.2, 0.25) is 0 Å². The Balaban J connectivity index is 2.45. The monoisotopic (exact) mass is 273 g/mol. The van der Waals surface area contributed by atoms with E-state index in [0.717, 1.165) is 25.9 Å². The fourth-order valence-electron chi connectivity index (χ4n) is 1.91. The molecule has 0 N–H and O–H groups in total. The summed E-state index contributed by atoms with van der Waals surface area (Å²) in [6, 6.07) is 0. The third-order valence-corrected chi connectivity index (χ3v) is 3.99. The average Bonchev–Trinajstić information content (AvgIpc) is 2.31. The molecule has 0 aromatic heterocycles. The normalized spacial score (nSPS) is 20.1. The molecule has 1 saturated heterocycles. The standard InChI is InChI=1S/C14H27NO2S/c1-14(2,3)17-13(16)15-9-5-4-7-11-18-12-8-6-10-15/h4-12H2,1-3H3. The van der Waals surface area contributed by atoms with Gasteiger partial charge in [0.15, 0.2) is 0 Å². The van der Waals surface area contributed by atoms with Crippen LogP contribution < -0.4 is 0 Å². The summed E-state index contributed by atoms with van der Waals surface area (Å²) in [7, 11) is 0. The van der Waals surface area contributed by atoms with Crippen LogP contribution in [0.15, 0.2) is 0 Å². The SMILES string of the molecule is CC(C)(C)OC(=O)N1CCCCCSCCCC1. The van der Waals surface area contributed by atoms with E-state index in [0.29, 0.717) is 0 Å². The second-order valence-corrected chi connectivity index (χ2v) is 7.07. The van der Waals surface area contributed by atoms with E-state index >= 15 is 0 Å². The molecule has 0 bridgehead atoms. The lowest BCUT2D eigenvalue weighted by Crippen LogP contribution is -2.38. The van der Waals surface area contributed by atoms with Crippen molar-refractivity contribution in [1.29, 1.82) is 0 Å². The molecule has 0 saturated carbocycles. The van der Waals surface area contributed by atoms with Crippen LogP contribution in [0.25, 0.3) is 0 Å². The quantitative estimate of drug-likeness (QED) is 0.670. The van der Waals surface area contributed by atoms with Gasteiger partial charge in [0.25, 0.3) is 0 Å². The predicted molar refractivity (Wildman–Crippen MR) is 78.2 cm³/mol. The van der Waals surface area contributed by atoms with Crippen LogP contribution >= 0.6 is 11.8 Å². The highest BCUT2D eigenvalue weighted by molar-refractivity contribution is 7.99. The first-order valence-electron chi connectivity index (χ1n) is 7.05. The van der Waals surface area contributed by atoms with Gasteiger partial charge in [0.1, 0.15) is 5.60 Å². The number of nitrogens with zero attached hydrogens (tertiary/aromatic N) is 1. The van der Waals surface area contributed by atoms with Crippen LogP contribution in [0.1, 0.15) is 52.9 Å². The smallest absolute Gasteiger partial charge is 0.410 e. The minimum atomic E-state index is -0.390. The maximum absolute atomic E-state index is 12.1. The Kier molecular flexibility index (Phi) is 6.90. The zero-order valence-electron chi connectivity index (χ0n) is 12.0. The van der Waals surface area contributed by atoms with E-state index in [1.807, 2.05) is 37.4 Å². The Hall–Kier alpha value is -0.380. The Morgan fingerprint density at radius 2 is 1.56 bits per heavy atom. The Morgan fingerprint density at radius 3 is 2.17 bits per heavy atom. The molecule has 3 nitrogen and oxygen atoms in total. The zero-order chi connectivity index (χ0) is 13.4. The molecule has 1 rings (SSSR count). The molecule has 1 amide bonds. The summed E-state index contributed by atoms with van der Waals surface area (Å²) < 4.78 is 5.46. The molecule has 0 aromatic rings. The van der Waals surface area contributed by atoms with Gasteiger partial charge in [-0.1, -0.05) is 6.42 Å². The van der Waals surface area contributed by atoms with Gasteiger partial charge in [-0.05, 0) is 58.0 Å². The number of hydrogen-bond acceptors (Lipinski definition) is 3. The number of amides is 1. The zero-order valence-corrected chi connectivity index (χ0v) is 12.9. The lowest BCUT2D eigenvalue weighted by Gasteiger charge is -2.27. The van der Waals surface area contributed by atoms with Gasteiger partial charge in [-0.3, -0.25) is 0 Å². The van der Waals surface area contributed by atoms with Crippen molar-refractivity contribution in [2.75, 3.05) is 24.6 Å². The molecule has 0 spiro atoms. The summed E-state index contributed by atoms with van der Waals surface area (Å²) in [4.78, 5) is 14.0. The molecule has 1 aliphatic heterocycles. The summed E-state index contributed by atoms with van der Waals surface area (Å²) >= 11 is 2.05. The van der Waals surface area contributed by atoms with Crippen LogP contribution in [0.2, 0.25) is 0 Å². The molecule has 4 heteroatoms. The molecular formula is C14H27NO2S. The molecule has 1 aliphatic rings. The fraction of sp³-hybridized carbons (Fsp3) is 0.929. The maximum atomic E-state index is 12.1. The minimum Gasteiger partial charge on any atom is -0.444 e. The third-order valence-electron chi connectivity index (χ3n) is 2.84. The van der Waals surface area contributed by atoms with Crippen LogP contribution in [0.5, 0.6) is 0 Å². The van der Waals surface area contributed by atoms with Crippen LogP contribution in [-0.4, -0.2) is 41.2 Å². The molecule has 1 heterocycles. The van der Waals surface area contributed by atoms with Crippen molar-refractivity contribution in [1.82, 2.24) is 4.90 Å². The summed E-state index contributed by atoms with van der Waals surface area (Å²) in [6.45, 7) is 7.46. The van der Waals surface area contributed by atoms with Gasteiger partial charge in [-0.25, -0.2) is 4.79 Å². The van der Waals surface area contributed by atoms with Gasteiger partial charge in [-0.15, -0.1) is 0 Å². The van der Waals surface area contributed by atoms with Gasteiger partial charge < -0.3 is 9.64 Å². The van der Waals surface area contributed by atoms with E-state index in [4.69, 9.17) is 4.74 Å².